The van der Waals surface area contributed by atoms with Crippen LogP contribution < -0.4 is 0 Å². The van der Waals surface area contributed by atoms with Crippen LogP contribution in [-0.2, 0) is 9.47 Å². The first-order valence-electron chi connectivity index (χ1n) is 8.21. The van der Waals surface area contributed by atoms with Gasteiger partial charge in [-0.2, -0.15) is 0 Å². The summed E-state index contributed by atoms with van der Waals surface area (Å²) in [5.74, 6) is 1.82. The summed E-state index contributed by atoms with van der Waals surface area (Å²) in [6.07, 6.45) is 7.01. The molecule has 2 saturated carbocycles. The molecule has 0 amide bonds. The number of ether oxygens (including phenoxy) is 2. The number of fused-ring (bicyclic) bond motifs is 2. The van der Waals surface area contributed by atoms with Crippen LogP contribution in [0.5, 0.6) is 0 Å². The van der Waals surface area contributed by atoms with E-state index < -0.39 is 5.79 Å². The molecular weight excluding hydrogens is 248 g/mol. The standard InChI is InChI=1S/C18H30O2/c1-7-18(6)19-15-10-13-12(2)8-9-14(13)16(3,4)11-17(15,5)20-18/h7,12-15H,1,8-11H2,2-6H3/t12-,13?,14-,15+,17-,18+/m1/s1. The fourth-order valence-electron chi connectivity index (χ4n) is 5.41. The lowest BCUT2D eigenvalue weighted by Crippen LogP contribution is -2.40. The smallest absolute Gasteiger partial charge is 0.185 e. The first-order chi connectivity index (χ1) is 9.19. The molecule has 0 bridgehead atoms. The van der Waals surface area contributed by atoms with Gasteiger partial charge in [0.2, 0.25) is 0 Å². The van der Waals surface area contributed by atoms with Gasteiger partial charge in [-0.15, -0.1) is 0 Å². The van der Waals surface area contributed by atoms with Crippen LogP contribution >= 0.6 is 0 Å². The van der Waals surface area contributed by atoms with Gasteiger partial charge in [-0.1, -0.05) is 33.8 Å². The van der Waals surface area contributed by atoms with E-state index in [1.165, 1.54) is 12.8 Å². The maximum absolute atomic E-state index is 6.37. The van der Waals surface area contributed by atoms with Crippen LogP contribution in [0.2, 0.25) is 0 Å². The summed E-state index contributed by atoms with van der Waals surface area (Å²) in [5, 5.41) is 0. The van der Waals surface area contributed by atoms with Gasteiger partial charge in [0.15, 0.2) is 5.79 Å². The minimum Gasteiger partial charge on any atom is -0.340 e. The van der Waals surface area contributed by atoms with Gasteiger partial charge in [-0.05, 0) is 62.4 Å². The molecule has 20 heavy (non-hydrogen) atoms. The molecule has 0 aromatic rings. The summed E-state index contributed by atoms with van der Waals surface area (Å²) in [6, 6.07) is 0. The fraction of sp³-hybridized carbons (Fsp3) is 0.889. The van der Waals surface area contributed by atoms with Crippen molar-refractivity contribution in [2.75, 3.05) is 0 Å². The molecule has 0 radical (unpaired) electrons. The minimum atomic E-state index is -0.607. The predicted octanol–water partition coefficient (Wildman–Crippen LogP) is 4.55. The largest absolute Gasteiger partial charge is 0.340 e. The Hall–Kier alpha value is -0.340. The van der Waals surface area contributed by atoms with Gasteiger partial charge in [0, 0.05) is 0 Å². The van der Waals surface area contributed by atoms with Crippen LogP contribution in [0.4, 0.5) is 0 Å². The molecule has 1 aliphatic heterocycles. The van der Waals surface area contributed by atoms with Gasteiger partial charge >= 0.3 is 0 Å². The molecule has 6 atom stereocenters. The van der Waals surface area contributed by atoms with E-state index in [4.69, 9.17) is 9.47 Å². The molecule has 3 aliphatic rings. The van der Waals surface area contributed by atoms with E-state index in [9.17, 15) is 0 Å². The summed E-state index contributed by atoms with van der Waals surface area (Å²) in [4.78, 5) is 0. The lowest BCUT2D eigenvalue weighted by atomic mass is 9.69. The van der Waals surface area contributed by atoms with Crippen molar-refractivity contribution in [2.45, 2.75) is 77.8 Å². The highest BCUT2D eigenvalue weighted by atomic mass is 16.8. The lowest BCUT2D eigenvalue weighted by Gasteiger charge is -2.38. The third-order valence-corrected chi connectivity index (χ3v) is 6.34. The van der Waals surface area contributed by atoms with Gasteiger partial charge in [0.1, 0.15) is 0 Å². The zero-order valence-electron chi connectivity index (χ0n) is 13.7. The van der Waals surface area contributed by atoms with E-state index >= 15 is 0 Å². The van der Waals surface area contributed by atoms with Crippen molar-refractivity contribution in [3.05, 3.63) is 12.7 Å². The third-order valence-electron chi connectivity index (χ3n) is 6.34. The molecule has 0 spiro atoms. The van der Waals surface area contributed by atoms with Crippen molar-refractivity contribution in [2.24, 2.45) is 23.2 Å². The van der Waals surface area contributed by atoms with Crippen molar-refractivity contribution in [3.63, 3.8) is 0 Å². The average Bonchev–Trinajstić information content (AvgIpc) is 2.77. The molecule has 114 valence electrons. The Morgan fingerprint density at radius 1 is 1.15 bits per heavy atom. The second-order valence-electron chi connectivity index (χ2n) is 8.47. The van der Waals surface area contributed by atoms with Crippen LogP contribution in [0.1, 0.15) is 60.3 Å². The van der Waals surface area contributed by atoms with Gasteiger partial charge in [-0.3, -0.25) is 0 Å². The van der Waals surface area contributed by atoms with Crippen LogP contribution in [0.3, 0.4) is 0 Å². The highest BCUT2D eigenvalue weighted by Gasteiger charge is 2.59. The van der Waals surface area contributed by atoms with Gasteiger partial charge < -0.3 is 9.47 Å². The quantitative estimate of drug-likeness (QED) is 0.655. The molecule has 3 fully saturated rings. The Balaban J connectivity index is 1.95. The first-order valence-corrected chi connectivity index (χ1v) is 8.21. The minimum absolute atomic E-state index is 0.170. The fourth-order valence-corrected chi connectivity index (χ4v) is 5.41. The molecule has 1 saturated heterocycles. The monoisotopic (exact) mass is 278 g/mol. The van der Waals surface area contributed by atoms with E-state index in [0.717, 1.165) is 30.6 Å². The number of hydrogen-bond acceptors (Lipinski definition) is 2. The van der Waals surface area contributed by atoms with Crippen molar-refractivity contribution >= 4 is 0 Å². The SMILES string of the molecule is C=C[C@@]1(C)O[C@H]2CC3[C@H](C)CC[C@H]3C(C)(C)C[C@@]2(C)O1. The Morgan fingerprint density at radius 3 is 2.50 bits per heavy atom. The molecular formula is C18H30O2. The maximum atomic E-state index is 6.37. The zero-order chi connectivity index (χ0) is 14.8. The Kier molecular flexibility index (Phi) is 3.16. The molecule has 3 rings (SSSR count). The molecule has 2 nitrogen and oxygen atoms in total. The first kappa shape index (κ1) is 14.6. The molecule has 0 N–H and O–H groups in total. The van der Waals surface area contributed by atoms with Crippen molar-refractivity contribution in [1.29, 1.82) is 0 Å². The topological polar surface area (TPSA) is 18.5 Å². The second kappa shape index (κ2) is 4.33. The Morgan fingerprint density at radius 2 is 1.85 bits per heavy atom. The molecule has 0 aromatic heterocycles. The van der Waals surface area contributed by atoms with E-state index in [1.807, 2.05) is 13.0 Å². The number of rotatable bonds is 1. The van der Waals surface area contributed by atoms with E-state index in [1.54, 1.807) is 0 Å². The molecule has 2 aliphatic carbocycles. The maximum Gasteiger partial charge on any atom is 0.185 e. The summed E-state index contributed by atoms with van der Waals surface area (Å²) in [5.41, 5.74) is 0.158. The lowest BCUT2D eigenvalue weighted by molar-refractivity contribution is -0.148. The van der Waals surface area contributed by atoms with Crippen molar-refractivity contribution in [3.8, 4) is 0 Å². The van der Waals surface area contributed by atoms with E-state index in [-0.39, 0.29) is 11.7 Å². The normalized spacial score (nSPS) is 54.0. The van der Waals surface area contributed by atoms with Gasteiger partial charge in [0.25, 0.3) is 0 Å². The average molecular weight is 278 g/mol. The van der Waals surface area contributed by atoms with Crippen LogP contribution in [-0.4, -0.2) is 17.5 Å². The van der Waals surface area contributed by atoms with Gasteiger partial charge in [-0.25, -0.2) is 0 Å². The van der Waals surface area contributed by atoms with E-state index in [2.05, 4.69) is 34.3 Å². The zero-order valence-corrected chi connectivity index (χ0v) is 13.7. The summed E-state index contributed by atoms with van der Waals surface area (Å²) < 4.78 is 12.7. The highest BCUT2D eigenvalue weighted by Crippen LogP contribution is 2.58. The highest BCUT2D eigenvalue weighted by molar-refractivity contribution is 5.08. The summed E-state index contributed by atoms with van der Waals surface area (Å²) >= 11 is 0. The Bertz CT molecular complexity index is 416. The Labute approximate surface area is 123 Å². The number of hydrogen-bond donors (Lipinski definition) is 0. The van der Waals surface area contributed by atoms with E-state index in [0.29, 0.717) is 5.41 Å². The summed E-state index contributed by atoms with van der Waals surface area (Å²) in [7, 11) is 0. The molecule has 1 heterocycles. The van der Waals surface area contributed by atoms with Crippen molar-refractivity contribution in [1.82, 2.24) is 0 Å². The van der Waals surface area contributed by atoms with Crippen molar-refractivity contribution < 1.29 is 9.47 Å². The molecule has 1 unspecified atom stereocenters. The van der Waals surface area contributed by atoms with Crippen LogP contribution in [0, 0.1) is 23.2 Å². The van der Waals surface area contributed by atoms with Crippen LogP contribution in [0.15, 0.2) is 12.7 Å². The van der Waals surface area contributed by atoms with Crippen LogP contribution in [0.25, 0.3) is 0 Å². The molecule has 2 heteroatoms. The third kappa shape index (κ3) is 2.07. The predicted molar refractivity (Wildman–Crippen MR) is 81.4 cm³/mol. The van der Waals surface area contributed by atoms with Gasteiger partial charge in [0.05, 0.1) is 11.7 Å². The molecule has 0 aromatic carbocycles. The second-order valence-corrected chi connectivity index (χ2v) is 8.47. The summed E-state index contributed by atoms with van der Waals surface area (Å²) in [6.45, 7) is 15.4.